The minimum atomic E-state index is -0.491. The van der Waals surface area contributed by atoms with Crippen molar-refractivity contribution < 1.29 is 4.79 Å². The van der Waals surface area contributed by atoms with E-state index in [9.17, 15) is 9.59 Å². The van der Waals surface area contributed by atoms with Gasteiger partial charge in [-0.15, -0.1) is 0 Å². The van der Waals surface area contributed by atoms with E-state index >= 15 is 0 Å². The van der Waals surface area contributed by atoms with Gasteiger partial charge in [0.25, 0.3) is 5.56 Å². The molecule has 0 bridgehead atoms. The molecule has 3 N–H and O–H groups in total. The Balaban J connectivity index is 2.76. The van der Waals surface area contributed by atoms with Crippen LogP contribution in [0.25, 0.3) is 0 Å². The Morgan fingerprint density at radius 2 is 2.11 bits per heavy atom. The monoisotopic (exact) mass is 316 g/mol. The molecule has 0 aliphatic heterocycles. The number of nitrogens with zero attached hydrogens (tertiary/aromatic N) is 1. The minimum absolute atomic E-state index is 0.156. The maximum atomic E-state index is 11.9. The normalized spacial score (nSPS) is 12.9. The summed E-state index contributed by atoms with van der Waals surface area (Å²) in [5, 5.41) is 5.73. The van der Waals surface area contributed by atoms with Gasteiger partial charge in [-0.05, 0) is 43.6 Å². The van der Waals surface area contributed by atoms with Crippen LogP contribution in [-0.2, 0) is 4.79 Å². The highest BCUT2D eigenvalue weighted by Gasteiger charge is 2.20. The van der Waals surface area contributed by atoms with Crippen LogP contribution in [0.1, 0.15) is 27.7 Å². The molecule has 18 heavy (non-hydrogen) atoms. The topological polar surface area (TPSA) is 86.9 Å². The summed E-state index contributed by atoms with van der Waals surface area (Å²) in [7, 11) is 0. The Bertz CT molecular complexity index is 493. The SMILES string of the molecule is CC(Nc1nc[nH]c(=O)c1Br)C(=O)NC(C)(C)C. The zero-order chi connectivity index (χ0) is 13.9. The smallest absolute Gasteiger partial charge is 0.267 e. The summed E-state index contributed by atoms with van der Waals surface area (Å²) in [6, 6.07) is -0.491. The molecule has 100 valence electrons. The second kappa shape index (κ2) is 5.51. The number of nitrogens with one attached hydrogen (secondary N) is 3. The van der Waals surface area contributed by atoms with E-state index in [1.807, 2.05) is 20.8 Å². The highest BCUT2D eigenvalue weighted by atomic mass is 79.9. The van der Waals surface area contributed by atoms with Crippen LogP contribution in [0.5, 0.6) is 0 Å². The first-order valence-corrected chi connectivity index (χ1v) is 6.32. The van der Waals surface area contributed by atoms with Crippen molar-refractivity contribution in [3.8, 4) is 0 Å². The van der Waals surface area contributed by atoms with Gasteiger partial charge < -0.3 is 15.6 Å². The summed E-state index contributed by atoms with van der Waals surface area (Å²) < 4.78 is 0.278. The predicted octanol–water partition coefficient (Wildman–Crippen LogP) is 1.25. The average molecular weight is 317 g/mol. The third-order valence-electron chi connectivity index (χ3n) is 2.04. The summed E-state index contributed by atoms with van der Waals surface area (Å²) >= 11 is 3.12. The standard InChI is InChI=1S/C11H17BrN4O2/c1-6(9(17)16-11(2,3)4)15-8-7(12)10(18)14-5-13-8/h5-6H,1-4H3,(H,16,17)(H2,13,14,15,18). The molecule has 0 spiro atoms. The molecule has 1 amide bonds. The Kier molecular flexibility index (Phi) is 4.50. The largest absolute Gasteiger partial charge is 0.357 e. The summed E-state index contributed by atoms with van der Waals surface area (Å²) in [5.41, 5.74) is -0.595. The first kappa shape index (κ1) is 14.7. The van der Waals surface area contributed by atoms with Gasteiger partial charge in [0.2, 0.25) is 5.91 Å². The Morgan fingerprint density at radius 1 is 1.50 bits per heavy atom. The van der Waals surface area contributed by atoms with E-state index in [-0.39, 0.29) is 21.5 Å². The van der Waals surface area contributed by atoms with E-state index in [0.717, 1.165) is 0 Å². The van der Waals surface area contributed by atoms with Gasteiger partial charge in [-0.25, -0.2) is 4.98 Å². The fraction of sp³-hybridized carbons (Fsp3) is 0.545. The summed E-state index contributed by atoms with van der Waals surface area (Å²) in [6.07, 6.45) is 1.28. The van der Waals surface area contributed by atoms with E-state index in [2.05, 4.69) is 36.5 Å². The Labute approximate surface area is 114 Å². The molecule has 0 aromatic carbocycles. The van der Waals surface area contributed by atoms with E-state index in [0.29, 0.717) is 5.82 Å². The van der Waals surface area contributed by atoms with Crippen LogP contribution < -0.4 is 16.2 Å². The highest BCUT2D eigenvalue weighted by Crippen LogP contribution is 2.14. The van der Waals surface area contributed by atoms with Gasteiger partial charge in [0.05, 0.1) is 6.33 Å². The fourth-order valence-corrected chi connectivity index (χ4v) is 1.56. The van der Waals surface area contributed by atoms with E-state index in [1.54, 1.807) is 6.92 Å². The van der Waals surface area contributed by atoms with Crippen molar-refractivity contribution in [3.63, 3.8) is 0 Å². The third kappa shape index (κ3) is 4.14. The lowest BCUT2D eigenvalue weighted by Gasteiger charge is -2.24. The van der Waals surface area contributed by atoms with E-state index in [4.69, 9.17) is 0 Å². The summed E-state index contributed by atoms with van der Waals surface area (Å²) in [5.74, 6) is 0.187. The first-order valence-electron chi connectivity index (χ1n) is 5.52. The van der Waals surface area contributed by atoms with Gasteiger partial charge in [0.1, 0.15) is 16.3 Å². The zero-order valence-electron chi connectivity index (χ0n) is 10.8. The molecule has 0 radical (unpaired) electrons. The lowest BCUT2D eigenvalue weighted by Crippen LogP contribution is -2.47. The second-order valence-corrected chi connectivity index (χ2v) is 5.79. The van der Waals surface area contributed by atoms with Crippen molar-refractivity contribution in [2.24, 2.45) is 0 Å². The molecule has 1 atom stereocenters. The molecule has 0 saturated carbocycles. The van der Waals surface area contributed by atoms with Crippen molar-refractivity contribution in [3.05, 3.63) is 21.2 Å². The zero-order valence-corrected chi connectivity index (χ0v) is 12.4. The average Bonchev–Trinajstić information content (AvgIpc) is 2.22. The van der Waals surface area contributed by atoms with Crippen LogP contribution in [-0.4, -0.2) is 27.5 Å². The number of H-pyrrole nitrogens is 1. The number of halogens is 1. The minimum Gasteiger partial charge on any atom is -0.357 e. The van der Waals surface area contributed by atoms with Gasteiger partial charge in [0, 0.05) is 5.54 Å². The van der Waals surface area contributed by atoms with Crippen molar-refractivity contribution >= 4 is 27.7 Å². The molecule has 0 fully saturated rings. The number of carbonyl (C=O) groups excluding carboxylic acids is 1. The molecule has 1 rings (SSSR count). The molecule has 1 heterocycles. The summed E-state index contributed by atoms with van der Waals surface area (Å²) in [6.45, 7) is 7.41. The molecule has 0 aliphatic carbocycles. The molecular weight excluding hydrogens is 300 g/mol. The van der Waals surface area contributed by atoms with Crippen LogP contribution in [0, 0.1) is 0 Å². The number of amides is 1. The number of aromatic amines is 1. The molecular formula is C11H17BrN4O2. The van der Waals surface area contributed by atoms with E-state index in [1.165, 1.54) is 6.33 Å². The van der Waals surface area contributed by atoms with Gasteiger partial charge in [-0.1, -0.05) is 0 Å². The molecule has 1 unspecified atom stereocenters. The van der Waals surface area contributed by atoms with Gasteiger partial charge in [0.15, 0.2) is 0 Å². The van der Waals surface area contributed by atoms with Crippen LogP contribution >= 0.6 is 15.9 Å². The van der Waals surface area contributed by atoms with Gasteiger partial charge in [-0.2, -0.15) is 0 Å². The number of aromatic nitrogens is 2. The maximum absolute atomic E-state index is 11.9. The van der Waals surface area contributed by atoms with E-state index < -0.39 is 6.04 Å². The highest BCUT2D eigenvalue weighted by molar-refractivity contribution is 9.10. The van der Waals surface area contributed by atoms with Crippen molar-refractivity contribution in [1.29, 1.82) is 0 Å². The third-order valence-corrected chi connectivity index (χ3v) is 2.78. The molecule has 1 aromatic heterocycles. The molecule has 6 nitrogen and oxygen atoms in total. The lowest BCUT2D eigenvalue weighted by atomic mass is 10.1. The van der Waals surface area contributed by atoms with Crippen LogP contribution in [0.3, 0.4) is 0 Å². The van der Waals surface area contributed by atoms with Crippen LogP contribution in [0.2, 0.25) is 0 Å². The number of carbonyl (C=O) groups is 1. The van der Waals surface area contributed by atoms with Gasteiger partial charge in [-0.3, -0.25) is 9.59 Å². The molecule has 1 aromatic rings. The number of rotatable bonds is 3. The Hall–Kier alpha value is -1.37. The predicted molar refractivity (Wildman–Crippen MR) is 73.5 cm³/mol. The van der Waals surface area contributed by atoms with Crippen LogP contribution in [0.4, 0.5) is 5.82 Å². The maximum Gasteiger partial charge on any atom is 0.267 e. The van der Waals surface area contributed by atoms with Crippen molar-refractivity contribution in [2.75, 3.05) is 5.32 Å². The Morgan fingerprint density at radius 3 is 2.67 bits per heavy atom. The lowest BCUT2D eigenvalue weighted by molar-refractivity contribution is -0.122. The first-order chi connectivity index (χ1) is 8.20. The molecule has 0 saturated heterocycles. The number of hydrogen-bond acceptors (Lipinski definition) is 4. The molecule has 7 heteroatoms. The fourth-order valence-electron chi connectivity index (χ4n) is 1.23. The quantitative estimate of drug-likeness (QED) is 0.783. The molecule has 0 aliphatic rings. The number of anilines is 1. The number of hydrogen-bond donors (Lipinski definition) is 3. The van der Waals surface area contributed by atoms with Crippen molar-refractivity contribution in [2.45, 2.75) is 39.3 Å². The summed E-state index contributed by atoms with van der Waals surface area (Å²) in [4.78, 5) is 29.6. The second-order valence-electron chi connectivity index (χ2n) is 5.00. The van der Waals surface area contributed by atoms with Crippen LogP contribution in [0.15, 0.2) is 15.6 Å². The van der Waals surface area contributed by atoms with Crippen molar-refractivity contribution in [1.82, 2.24) is 15.3 Å². The van der Waals surface area contributed by atoms with Gasteiger partial charge >= 0.3 is 0 Å².